The average Bonchev–Trinajstić information content (AvgIpc) is 2.10. The van der Waals surface area contributed by atoms with Crippen molar-refractivity contribution in [3.8, 4) is 0 Å². The molecule has 0 saturated heterocycles. The summed E-state index contributed by atoms with van der Waals surface area (Å²) in [5, 5.41) is 12.2. The van der Waals surface area contributed by atoms with Crippen LogP contribution in [0, 0.1) is 0 Å². The van der Waals surface area contributed by atoms with Gasteiger partial charge >= 0.3 is 0 Å². The number of nitrogens with one attached hydrogen (secondary N) is 1. The molecule has 2 N–H and O–H groups in total. The second kappa shape index (κ2) is 7.53. The first kappa shape index (κ1) is 11.9. The monoisotopic (exact) mass is 175 g/mol. The number of rotatable bonds is 7. The van der Waals surface area contributed by atoms with Crippen molar-refractivity contribution in [2.75, 3.05) is 20.3 Å². The van der Waals surface area contributed by atoms with Crippen LogP contribution in [0.5, 0.6) is 0 Å². The Morgan fingerprint density at radius 3 is 2.58 bits per heavy atom. The van der Waals surface area contributed by atoms with Crippen LogP contribution in [0.2, 0.25) is 0 Å². The van der Waals surface area contributed by atoms with E-state index in [9.17, 15) is 0 Å². The molecule has 0 amide bonds. The molecule has 2 atom stereocenters. The third kappa shape index (κ3) is 5.52. The van der Waals surface area contributed by atoms with Crippen molar-refractivity contribution in [2.45, 2.75) is 38.8 Å². The first-order chi connectivity index (χ1) is 5.74. The SMILES string of the molecule is CC[C@@H](CO)NC(C)CCOC. The molecular formula is C9H21NO2. The summed E-state index contributed by atoms with van der Waals surface area (Å²) in [6.07, 6.45) is 1.96. The Morgan fingerprint density at radius 1 is 1.50 bits per heavy atom. The van der Waals surface area contributed by atoms with Gasteiger partial charge in [-0.1, -0.05) is 6.92 Å². The number of methoxy groups -OCH3 is 1. The van der Waals surface area contributed by atoms with Crippen LogP contribution in [-0.4, -0.2) is 37.5 Å². The van der Waals surface area contributed by atoms with Gasteiger partial charge in [0.05, 0.1) is 6.61 Å². The van der Waals surface area contributed by atoms with Gasteiger partial charge in [-0.25, -0.2) is 0 Å². The summed E-state index contributed by atoms with van der Waals surface area (Å²) in [7, 11) is 1.70. The molecule has 0 radical (unpaired) electrons. The molecule has 1 unspecified atom stereocenters. The predicted octanol–water partition coefficient (Wildman–Crippen LogP) is 0.772. The van der Waals surface area contributed by atoms with Gasteiger partial charge < -0.3 is 15.2 Å². The highest BCUT2D eigenvalue weighted by Crippen LogP contribution is 1.96. The lowest BCUT2D eigenvalue weighted by Gasteiger charge is -2.19. The van der Waals surface area contributed by atoms with Crippen LogP contribution >= 0.6 is 0 Å². The molecular weight excluding hydrogens is 154 g/mol. The third-order valence-corrected chi connectivity index (χ3v) is 1.99. The highest BCUT2D eigenvalue weighted by molar-refractivity contribution is 4.68. The van der Waals surface area contributed by atoms with Crippen molar-refractivity contribution in [1.82, 2.24) is 5.32 Å². The molecule has 74 valence electrons. The van der Waals surface area contributed by atoms with E-state index in [4.69, 9.17) is 9.84 Å². The smallest absolute Gasteiger partial charge is 0.0584 e. The first-order valence-corrected chi connectivity index (χ1v) is 4.60. The van der Waals surface area contributed by atoms with Crippen molar-refractivity contribution in [1.29, 1.82) is 0 Å². The van der Waals surface area contributed by atoms with Crippen molar-refractivity contribution in [3.05, 3.63) is 0 Å². The minimum Gasteiger partial charge on any atom is -0.395 e. The molecule has 0 bridgehead atoms. The molecule has 0 aliphatic heterocycles. The van der Waals surface area contributed by atoms with Crippen LogP contribution in [0.1, 0.15) is 26.7 Å². The van der Waals surface area contributed by atoms with E-state index in [1.54, 1.807) is 7.11 Å². The van der Waals surface area contributed by atoms with E-state index in [0.717, 1.165) is 19.4 Å². The van der Waals surface area contributed by atoms with Gasteiger partial charge in [0.15, 0.2) is 0 Å². The Labute approximate surface area is 75.1 Å². The lowest BCUT2D eigenvalue weighted by Crippen LogP contribution is -2.39. The minimum atomic E-state index is 0.216. The number of aliphatic hydroxyl groups excluding tert-OH is 1. The van der Waals surface area contributed by atoms with E-state index >= 15 is 0 Å². The van der Waals surface area contributed by atoms with E-state index in [2.05, 4.69) is 19.2 Å². The van der Waals surface area contributed by atoms with Gasteiger partial charge in [-0.15, -0.1) is 0 Å². The van der Waals surface area contributed by atoms with Gasteiger partial charge in [-0.3, -0.25) is 0 Å². The summed E-state index contributed by atoms with van der Waals surface area (Å²) in [6.45, 7) is 5.16. The van der Waals surface area contributed by atoms with Crippen molar-refractivity contribution >= 4 is 0 Å². The number of aliphatic hydroxyl groups is 1. The van der Waals surface area contributed by atoms with Crippen LogP contribution in [0.4, 0.5) is 0 Å². The van der Waals surface area contributed by atoms with Crippen molar-refractivity contribution in [2.24, 2.45) is 0 Å². The molecule has 0 aliphatic carbocycles. The molecule has 0 spiro atoms. The molecule has 12 heavy (non-hydrogen) atoms. The lowest BCUT2D eigenvalue weighted by molar-refractivity contribution is 0.174. The van der Waals surface area contributed by atoms with Crippen molar-refractivity contribution < 1.29 is 9.84 Å². The van der Waals surface area contributed by atoms with E-state index in [1.807, 2.05) is 0 Å². The van der Waals surface area contributed by atoms with E-state index in [1.165, 1.54) is 0 Å². The first-order valence-electron chi connectivity index (χ1n) is 4.60. The zero-order valence-electron chi connectivity index (χ0n) is 8.34. The zero-order chi connectivity index (χ0) is 9.40. The summed E-state index contributed by atoms with van der Waals surface area (Å²) in [5.74, 6) is 0. The fourth-order valence-corrected chi connectivity index (χ4v) is 1.08. The van der Waals surface area contributed by atoms with E-state index < -0.39 is 0 Å². The van der Waals surface area contributed by atoms with Gasteiger partial charge in [0.2, 0.25) is 0 Å². The zero-order valence-corrected chi connectivity index (χ0v) is 8.34. The second-order valence-electron chi connectivity index (χ2n) is 3.14. The maximum Gasteiger partial charge on any atom is 0.0584 e. The summed E-state index contributed by atoms with van der Waals surface area (Å²) >= 11 is 0. The molecule has 0 heterocycles. The third-order valence-electron chi connectivity index (χ3n) is 1.99. The Balaban J connectivity index is 3.44. The van der Waals surface area contributed by atoms with Gasteiger partial charge in [-0.2, -0.15) is 0 Å². The van der Waals surface area contributed by atoms with Crippen molar-refractivity contribution in [3.63, 3.8) is 0 Å². The van der Waals surface area contributed by atoms with Gasteiger partial charge in [0.25, 0.3) is 0 Å². The van der Waals surface area contributed by atoms with Crippen LogP contribution in [0.3, 0.4) is 0 Å². The minimum absolute atomic E-state index is 0.216. The molecule has 0 aromatic rings. The van der Waals surface area contributed by atoms with Crippen LogP contribution in [0.25, 0.3) is 0 Å². The molecule has 0 fully saturated rings. The molecule has 0 aliphatic rings. The Kier molecular flexibility index (Phi) is 7.45. The second-order valence-corrected chi connectivity index (χ2v) is 3.14. The van der Waals surface area contributed by atoms with Crippen LogP contribution < -0.4 is 5.32 Å². The average molecular weight is 175 g/mol. The fourth-order valence-electron chi connectivity index (χ4n) is 1.08. The molecule has 3 heteroatoms. The Morgan fingerprint density at radius 2 is 2.17 bits per heavy atom. The summed E-state index contributed by atoms with van der Waals surface area (Å²) in [4.78, 5) is 0. The lowest BCUT2D eigenvalue weighted by atomic mass is 10.2. The topological polar surface area (TPSA) is 41.5 Å². The Hall–Kier alpha value is -0.120. The molecule has 0 aromatic carbocycles. The highest BCUT2D eigenvalue weighted by Gasteiger charge is 2.07. The number of hydrogen-bond donors (Lipinski definition) is 2. The molecule has 3 nitrogen and oxygen atoms in total. The standard InChI is InChI=1S/C9H21NO2/c1-4-9(7-11)10-8(2)5-6-12-3/h8-11H,4-7H2,1-3H3/t8?,9-/m0/s1. The van der Waals surface area contributed by atoms with Gasteiger partial charge in [-0.05, 0) is 19.8 Å². The fraction of sp³-hybridized carbons (Fsp3) is 1.00. The van der Waals surface area contributed by atoms with E-state index in [0.29, 0.717) is 6.04 Å². The summed E-state index contributed by atoms with van der Waals surface area (Å²) in [6, 6.07) is 0.652. The molecule has 0 aromatic heterocycles. The quantitative estimate of drug-likeness (QED) is 0.600. The predicted molar refractivity (Wildman–Crippen MR) is 50.3 cm³/mol. The van der Waals surface area contributed by atoms with Crippen LogP contribution in [0.15, 0.2) is 0 Å². The van der Waals surface area contributed by atoms with Gasteiger partial charge in [0.1, 0.15) is 0 Å². The Bertz CT molecular complexity index is 94.5. The normalized spacial score (nSPS) is 16.0. The number of hydrogen-bond acceptors (Lipinski definition) is 3. The maximum atomic E-state index is 8.91. The number of ether oxygens (including phenoxy) is 1. The summed E-state index contributed by atoms with van der Waals surface area (Å²) in [5.41, 5.74) is 0. The largest absolute Gasteiger partial charge is 0.395 e. The maximum absolute atomic E-state index is 8.91. The van der Waals surface area contributed by atoms with Crippen LogP contribution in [-0.2, 0) is 4.74 Å². The summed E-state index contributed by atoms with van der Waals surface area (Å²) < 4.78 is 4.96. The van der Waals surface area contributed by atoms with E-state index in [-0.39, 0.29) is 12.6 Å². The molecule has 0 saturated carbocycles. The highest BCUT2D eigenvalue weighted by atomic mass is 16.5. The van der Waals surface area contributed by atoms with Gasteiger partial charge in [0, 0.05) is 25.8 Å². The molecule has 0 rings (SSSR count).